The number of aryl methyl sites for hydroxylation is 1. The van der Waals surface area contributed by atoms with Gasteiger partial charge in [0, 0.05) is 36.1 Å². The molecule has 1 N–H and O–H groups in total. The average Bonchev–Trinajstić information content (AvgIpc) is 3.13. The van der Waals surface area contributed by atoms with E-state index >= 15 is 0 Å². The first kappa shape index (κ1) is 11.8. The Morgan fingerprint density at radius 1 is 1.05 bits per heavy atom. The zero-order chi connectivity index (χ0) is 14.2. The number of nitrogens with zero attached hydrogens (tertiary/aromatic N) is 4. The van der Waals surface area contributed by atoms with Crippen molar-refractivity contribution in [2.75, 3.05) is 0 Å². The van der Waals surface area contributed by atoms with Crippen molar-refractivity contribution in [3.8, 4) is 22.4 Å². The second kappa shape index (κ2) is 4.56. The summed E-state index contributed by atoms with van der Waals surface area (Å²) in [7, 11) is 1.90. The Balaban J connectivity index is 1.90. The first-order valence-corrected chi connectivity index (χ1v) is 6.70. The molecule has 0 spiro atoms. The van der Waals surface area contributed by atoms with Crippen LogP contribution in [0.4, 0.5) is 0 Å². The van der Waals surface area contributed by atoms with Crippen LogP contribution in [0.5, 0.6) is 0 Å². The largest absolute Gasteiger partial charge is 0.344 e. The van der Waals surface area contributed by atoms with Gasteiger partial charge in [-0.05, 0) is 0 Å². The maximum atomic E-state index is 4.76. The van der Waals surface area contributed by atoms with Gasteiger partial charge in [-0.1, -0.05) is 30.3 Å². The van der Waals surface area contributed by atoms with E-state index in [1.165, 1.54) is 0 Å². The minimum absolute atomic E-state index is 0.786. The normalized spacial score (nSPS) is 11.1. The van der Waals surface area contributed by atoms with Crippen molar-refractivity contribution in [3.05, 3.63) is 55.1 Å². The highest BCUT2D eigenvalue weighted by Gasteiger charge is 2.11. The van der Waals surface area contributed by atoms with Gasteiger partial charge < -0.3 is 4.98 Å². The van der Waals surface area contributed by atoms with E-state index in [0.717, 1.165) is 33.5 Å². The number of nitrogens with one attached hydrogen (secondary N) is 1. The molecular weight excluding hydrogens is 262 g/mol. The van der Waals surface area contributed by atoms with Crippen molar-refractivity contribution in [3.63, 3.8) is 0 Å². The number of rotatable bonds is 2. The fourth-order valence-corrected chi connectivity index (χ4v) is 2.42. The number of hydrogen-bond donors (Lipinski definition) is 1. The van der Waals surface area contributed by atoms with E-state index < -0.39 is 0 Å². The zero-order valence-electron chi connectivity index (χ0n) is 11.5. The van der Waals surface area contributed by atoms with Gasteiger partial charge in [0.1, 0.15) is 5.52 Å². The molecule has 0 aliphatic rings. The minimum atomic E-state index is 0.786. The van der Waals surface area contributed by atoms with Crippen LogP contribution in [0.25, 0.3) is 33.5 Å². The van der Waals surface area contributed by atoms with E-state index in [4.69, 9.17) is 4.98 Å². The maximum Gasteiger partial charge on any atom is 0.156 e. The second-order valence-corrected chi connectivity index (χ2v) is 4.92. The van der Waals surface area contributed by atoms with Gasteiger partial charge in [-0.15, -0.1) is 0 Å². The van der Waals surface area contributed by atoms with Gasteiger partial charge in [0.2, 0.25) is 0 Å². The first-order valence-electron chi connectivity index (χ1n) is 6.70. The Labute approximate surface area is 121 Å². The Bertz CT molecular complexity index is 905. The maximum absolute atomic E-state index is 4.76. The summed E-state index contributed by atoms with van der Waals surface area (Å²) in [5.41, 5.74) is 5.63. The van der Waals surface area contributed by atoms with Crippen LogP contribution in [0.15, 0.2) is 55.1 Å². The molecule has 0 saturated carbocycles. The summed E-state index contributed by atoms with van der Waals surface area (Å²) in [6.45, 7) is 0. The molecule has 0 aliphatic carbocycles. The summed E-state index contributed by atoms with van der Waals surface area (Å²) in [5, 5.41) is 4.21. The lowest BCUT2D eigenvalue weighted by molar-refractivity contribution is 0.768. The van der Waals surface area contributed by atoms with E-state index in [1.807, 2.05) is 56.0 Å². The Kier molecular flexibility index (Phi) is 2.57. The van der Waals surface area contributed by atoms with E-state index in [0.29, 0.717) is 0 Å². The van der Waals surface area contributed by atoms with Crippen molar-refractivity contribution < 1.29 is 0 Å². The van der Waals surface area contributed by atoms with Gasteiger partial charge in [0.25, 0.3) is 0 Å². The molecule has 4 rings (SSSR count). The van der Waals surface area contributed by atoms with E-state index in [-0.39, 0.29) is 0 Å². The third-order valence-electron chi connectivity index (χ3n) is 3.47. The number of aromatic amines is 1. The molecule has 4 aromatic rings. The van der Waals surface area contributed by atoms with E-state index in [1.54, 1.807) is 10.9 Å². The summed E-state index contributed by atoms with van der Waals surface area (Å²) < 4.78 is 1.78. The number of hydrogen-bond acceptors (Lipinski definition) is 3. The van der Waals surface area contributed by atoms with Crippen LogP contribution in [0.3, 0.4) is 0 Å². The van der Waals surface area contributed by atoms with Gasteiger partial charge in [0.15, 0.2) is 5.65 Å². The Morgan fingerprint density at radius 2 is 1.90 bits per heavy atom. The van der Waals surface area contributed by atoms with Crippen LogP contribution >= 0.6 is 0 Å². The highest BCUT2D eigenvalue weighted by molar-refractivity contribution is 5.91. The molecular formula is C16H13N5. The summed E-state index contributed by atoms with van der Waals surface area (Å²) in [6.07, 6.45) is 7.52. The molecule has 0 aliphatic heterocycles. The van der Waals surface area contributed by atoms with Gasteiger partial charge >= 0.3 is 0 Å². The monoisotopic (exact) mass is 275 g/mol. The lowest BCUT2D eigenvalue weighted by Crippen LogP contribution is -1.87. The molecule has 0 saturated heterocycles. The molecule has 5 heteroatoms. The summed E-state index contributed by atoms with van der Waals surface area (Å²) >= 11 is 0. The first-order chi connectivity index (χ1) is 10.3. The van der Waals surface area contributed by atoms with Gasteiger partial charge in [0.05, 0.1) is 18.1 Å². The van der Waals surface area contributed by atoms with Crippen molar-refractivity contribution in [1.29, 1.82) is 0 Å². The second-order valence-electron chi connectivity index (χ2n) is 4.92. The Morgan fingerprint density at radius 3 is 2.67 bits per heavy atom. The molecule has 0 unspecified atom stereocenters. The topological polar surface area (TPSA) is 59.4 Å². The SMILES string of the molecule is Cn1cc(-c2c[nH]c3ncc(-c4ccccc4)nc23)cn1. The van der Waals surface area contributed by atoms with Gasteiger partial charge in [-0.2, -0.15) is 5.10 Å². The molecule has 3 aromatic heterocycles. The molecule has 102 valence electrons. The van der Waals surface area contributed by atoms with Crippen LogP contribution in [-0.2, 0) is 7.05 Å². The highest BCUT2D eigenvalue weighted by atomic mass is 15.2. The van der Waals surface area contributed by atoms with Crippen molar-refractivity contribution >= 4 is 11.2 Å². The number of benzene rings is 1. The van der Waals surface area contributed by atoms with Crippen LogP contribution in [0.1, 0.15) is 0 Å². The molecule has 5 nitrogen and oxygen atoms in total. The summed E-state index contributed by atoms with van der Waals surface area (Å²) in [5.74, 6) is 0. The Hall–Kier alpha value is -2.95. The molecule has 0 atom stereocenters. The zero-order valence-corrected chi connectivity index (χ0v) is 11.5. The van der Waals surface area contributed by atoms with Crippen LogP contribution in [-0.4, -0.2) is 24.7 Å². The minimum Gasteiger partial charge on any atom is -0.344 e. The lowest BCUT2D eigenvalue weighted by atomic mass is 10.1. The smallest absolute Gasteiger partial charge is 0.156 e. The summed E-state index contributed by atoms with van der Waals surface area (Å²) in [4.78, 5) is 12.4. The number of H-pyrrole nitrogens is 1. The van der Waals surface area contributed by atoms with Crippen LogP contribution in [0, 0.1) is 0 Å². The predicted octanol–water partition coefficient (Wildman–Crippen LogP) is 3.03. The molecule has 0 amide bonds. The molecule has 3 heterocycles. The van der Waals surface area contributed by atoms with Crippen LogP contribution < -0.4 is 0 Å². The van der Waals surface area contributed by atoms with E-state index in [9.17, 15) is 0 Å². The van der Waals surface area contributed by atoms with Crippen molar-refractivity contribution in [2.24, 2.45) is 7.05 Å². The number of aromatic nitrogens is 5. The molecule has 0 radical (unpaired) electrons. The quantitative estimate of drug-likeness (QED) is 0.611. The van der Waals surface area contributed by atoms with Crippen molar-refractivity contribution in [1.82, 2.24) is 24.7 Å². The van der Waals surface area contributed by atoms with Crippen LogP contribution in [0.2, 0.25) is 0 Å². The third-order valence-corrected chi connectivity index (χ3v) is 3.47. The standard InChI is InChI=1S/C16H13N5/c1-21-10-12(7-19-21)13-8-17-16-15(13)20-14(9-18-16)11-5-3-2-4-6-11/h2-10H,1H3,(H,17,18). The van der Waals surface area contributed by atoms with Gasteiger partial charge in [-0.3, -0.25) is 4.68 Å². The number of fused-ring (bicyclic) bond motifs is 1. The lowest BCUT2D eigenvalue weighted by Gasteiger charge is -2.01. The van der Waals surface area contributed by atoms with Crippen molar-refractivity contribution in [2.45, 2.75) is 0 Å². The fourth-order valence-electron chi connectivity index (χ4n) is 2.42. The molecule has 0 bridgehead atoms. The average molecular weight is 275 g/mol. The summed E-state index contributed by atoms with van der Waals surface area (Å²) in [6, 6.07) is 10.1. The predicted molar refractivity (Wildman–Crippen MR) is 81.5 cm³/mol. The molecule has 21 heavy (non-hydrogen) atoms. The third kappa shape index (κ3) is 1.99. The highest BCUT2D eigenvalue weighted by Crippen LogP contribution is 2.27. The van der Waals surface area contributed by atoms with Gasteiger partial charge in [-0.25, -0.2) is 9.97 Å². The molecule has 0 fully saturated rings. The van der Waals surface area contributed by atoms with E-state index in [2.05, 4.69) is 15.1 Å². The molecule has 1 aromatic carbocycles. The fraction of sp³-hybridized carbons (Fsp3) is 0.0625.